The summed E-state index contributed by atoms with van der Waals surface area (Å²) < 4.78 is 0. The average molecular weight is 238 g/mol. The van der Waals surface area contributed by atoms with E-state index in [9.17, 15) is 0 Å². The van der Waals surface area contributed by atoms with Crippen LogP contribution in [-0.4, -0.2) is 23.3 Å². The first kappa shape index (κ1) is 13.5. The van der Waals surface area contributed by atoms with Gasteiger partial charge in [-0.25, -0.2) is 0 Å². The van der Waals surface area contributed by atoms with Gasteiger partial charge in [0.15, 0.2) is 0 Å². The first-order chi connectivity index (χ1) is 7.83. The molecule has 2 nitrogen and oxygen atoms in total. The molecule has 0 aliphatic carbocycles. The molecule has 0 saturated heterocycles. The lowest BCUT2D eigenvalue weighted by Gasteiger charge is -2.11. The van der Waals surface area contributed by atoms with Crippen LogP contribution >= 0.6 is 11.8 Å². The Hall–Kier alpha value is -0.540. The number of thioether (sulfide) groups is 1. The molecule has 0 fully saturated rings. The lowest BCUT2D eigenvalue weighted by atomic mass is 10.1. The Morgan fingerprint density at radius 1 is 1.31 bits per heavy atom. The van der Waals surface area contributed by atoms with Crippen LogP contribution in [0.1, 0.15) is 33.1 Å². The van der Waals surface area contributed by atoms with Gasteiger partial charge in [0.05, 0.1) is 0 Å². The summed E-state index contributed by atoms with van der Waals surface area (Å²) in [5.74, 6) is 1.21. The third kappa shape index (κ3) is 6.13. The molecule has 1 aromatic rings. The summed E-state index contributed by atoms with van der Waals surface area (Å²) in [5.41, 5.74) is 0. The van der Waals surface area contributed by atoms with Crippen molar-refractivity contribution in [3.63, 3.8) is 0 Å². The van der Waals surface area contributed by atoms with Crippen molar-refractivity contribution < 1.29 is 0 Å². The predicted molar refractivity (Wildman–Crippen MR) is 72.0 cm³/mol. The van der Waals surface area contributed by atoms with E-state index in [0.29, 0.717) is 6.04 Å². The summed E-state index contributed by atoms with van der Waals surface area (Å²) in [5, 5.41) is 3.44. The highest BCUT2D eigenvalue weighted by Gasteiger charge is 1.99. The van der Waals surface area contributed by atoms with Crippen LogP contribution in [0, 0.1) is 0 Å². The van der Waals surface area contributed by atoms with Crippen molar-refractivity contribution in [2.24, 2.45) is 0 Å². The molecular weight excluding hydrogens is 216 g/mol. The van der Waals surface area contributed by atoms with Crippen molar-refractivity contribution in [3.8, 4) is 0 Å². The minimum absolute atomic E-state index is 0.663. The maximum atomic E-state index is 4.01. The monoisotopic (exact) mass is 238 g/mol. The molecule has 0 amide bonds. The maximum Gasteiger partial charge on any atom is 0.0278 e. The fraction of sp³-hybridized carbons (Fsp3) is 0.615. The SMILES string of the molecule is CCNC(C)CCCCSc1ccncc1. The molecule has 1 atom stereocenters. The predicted octanol–water partition coefficient (Wildman–Crippen LogP) is 3.34. The van der Waals surface area contributed by atoms with Crippen LogP contribution in [0.5, 0.6) is 0 Å². The highest BCUT2D eigenvalue weighted by molar-refractivity contribution is 7.99. The van der Waals surface area contributed by atoms with Crippen LogP contribution in [0.25, 0.3) is 0 Å². The molecule has 1 rings (SSSR count). The Morgan fingerprint density at radius 3 is 2.75 bits per heavy atom. The van der Waals surface area contributed by atoms with E-state index in [2.05, 4.69) is 36.3 Å². The van der Waals surface area contributed by atoms with Gasteiger partial charge >= 0.3 is 0 Å². The third-order valence-corrected chi connectivity index (χ3v) is 3.60. The van der Waals surface area contributed by atoms with Crippen molar-refractivity contribution >= 4 is 11.8 Å². The van der Waals surface area contributed by atoms with E-state index in [1.807, 2.05) is 24.2 Å². The van der Waals surface area contributed by atoms with Gasteiger partial charge in [-0.3, -0.25) is 4.98 Å². The van der Waals surface area contributed by atoms with E-state index in [-0.39, 0.29) is 0 Å². The highest BCUT2D eigenvalue weighted by atomic mass is 32.2. The number of hydrogen-bond acceptors (Lipinski definition) is 3. The highest BCUT2D eigenvalue weighted by Crippen LogP contribution is 2.18. The fourth-order valence-electron chi connectivity index (χ4n) is 1.63. The summed E-state index contributed by atoms with van der Waals surface area (Å²) in [6, 6.07) is 4.81. The maximum absolute atomic E-state index is 4.01. The smallest absolute Gasteiger partial charge is 0.0278 e. The van der Waals surface area contributed by atoms with Gasteiger partial charge in [0.2, 0.25) is 0 Å². The molecule has 1 unspecified atom stereocenters. The van der Waals surface area contributed by atoms with Gasteiger partial charge in [-0.1, -0.05) is 13.3 Å². The number of nitrogens with one attached hydrogen (secondary N) is 1. The van der Waals surface area contributed by atoms with Crippen molar-refractivity contribution in [1.29, 1.82) is 0 Å². The van der Waals surface area contributed by atoms with Crippen molar-refractivity contribution in [2.45, 2.75) is 44.0 Å². The second kappa shape index (κ2) is 8.59. The summed E-state index contributed by atoms with van der Waals surface area (Å²) in [7, 11) is 0. The van der Waals surface area contributed by atoms with Crippen molar-refractivity contribution in [1.82, 2.24) is 10.3 Å². The number of nitrogens with zero attached hydrogens (tertiary/aromatic N) is 1. The summed E-state index contributed by atoms with van der Waals surface area (Å²) in [6.45, 7) is 5.50. The van der Waals surface area contributed by atoms with Crippen LogP contribution in [0.15, 0.2) is 29.4 Å². The van der Waals surface area contributed by atoms with Gasteiger partial charge < -0.3 is 5.32 Å². The molecule has 1 N–H and O–H groups in total. The molecule has 0 spiro atoms. The molecular formula is C13H22N2S. The quantitative estimate of drug-likeness (QED) is 0.555. The number of pyridine rings is 1. The molecule has 0 radical (unpaired) electrons. The summed E-state index contributed by atoms with van der Waals surface area (Å²) in [4.78, 5) is 5.34. The zero-order valence-electron chi connectivity index (χ0n) is 10.3. The molecule has 0 saturated carbocycles. The number of hydrogen-bond donors (Lipinski definition) is 1. The number of aromatic nitrogens is 1. The zero-order chi connectivity index (χ0) is 11.6. The van der Waals surface area contributed by atoms with Gasteiger partial charge in [0.25, 0.3) is 0 Å². The second-order valence-electron chi connectivity index (χ2n) is 3.99. The first-order valence-electron chi connectivity index (χ1n) is 6.09. The van der Waals surface area contributed by atoms with E-state index in [1.165, 1.54) is 29.9 Å². The van der Waals surface area contributed by atoms with Gasteiger partial charge in [0.1, 0.15) is 0 Å². The van der Waals surface area contributed by atoms with Crippen LogP contribution in [-0.2, 0) is 0 Å². The lowest BCUT2D eigenvalue weighted by molar-refractivity contribution is 0.510. The van der Waals surface area contributed by atoms with Crippen molar-refractivity contribution in [2.75, 3.05) is 12.3 Å². The fourth-order valence-corrected chi connectivity index (χ4v) is 2.53. The molecule has 0 bridgehead atoms. The molecule has 0 aliphatic rings. The van der Waals surface area contributed by atoms with E-state index < -0.39 is 0 Å². The van der Waals surface area contributed by atoms with Crippen LogP contribution in [0.2, 0.25) is 0 Å². The van der Waals surface area contributed by atoms with Gasteiger partial charge in [-0.15, -0.1) is 11.8 Å². The van der Waals surface area contributed by atoms with E-state index in [1.54, 1.807) is 0 Å². The molecule has 16 heavy (non-hydrogen) atoms. The summed E-state index contributed by atoms with van der Waals surface area (Å²) in [6.07, 6.45) is 7.60. The first-order valence-corrected chi connectivity index (χ1v) is 7.07. The van der Waals surface area contributed by atoms with Crippen LogP contribution in [0.4, 0.5) is 0 Å². The van der Waals surface area contributed by atoms with Crippen LogP contribution < -0.4 is 5.32 Å². The summed E-state index contributed by atoms with van der Waals surface area (Å²) >= 11 is 1.93. The molecule has 0 aliphatic heterocycles. The van der Waals surface area contributed by atoms with Crippen LogP contribution in [0.3, 0.4) is 0 Å². The van der Waals surface area contributed by atoms with E-state index >= 15 is 0 Å². The number of rotatable bonds is 8. The lowest BCUT2D eigenvalue weighted by Crippen LogP contribution is -2.25. The normalized spacial score (nSPS) is 12.6. The second-order valence-corrected chi connectivity index (χ2v) is 5.15. The Balaban J connectivity index is 2.00. The zero-order valence-corrected chi connectivity index (χ0v) is 11.1. The Bertz CT molecular complexity index is 264. The van der Waals surface area contributed by atoms with Gasteiger partial charge in [-0.2, -0.15) is 0 Å². The Labute approximate surface area is 103 Å². The van der Waals surface area contributed by atoms with Gasteiger partial charge in [-0.05, 0) is 44.2 Å². The van der Waals surface area contributed by atoms with E-state index in [0.717, 1.165) is 6.54 Å². The molecule has 0 aromatic carbocycles. The minimum atomic E-state index is 0.663. The Morgan fingerprint density at radius 2 is 2.06 bits per heavy atom. The molecule has 3 heteroatoms. The third-order valence-electron chi connectivity index (χ3n) is 2.50. The largest absolute Gasteiger partial charge is 0.315 e. The van der Waals surface area contributed by atoms with Crippen molar-refractivity contribution in [3.05, 3.63) is 24.5 Å². The molecule has 90 valence electrons. The van der Waals surface area contributed by atoms with Gasteiger partial charge in [0, 0.05) is 23.3 Å². The minimum Gasteiger partial charge on any atom is -0.315 e. The topological polar surface area (TPSA) is 24.9 Å². The van der Waals surface area contributed by atoms with E-state index in [4.69, 9.17) is 0 Å². The molecule has 1 heterocycles. The number of unbranched alkanes of at least 4 members (excludes halogenated alkanes) is 1. The average Bonchev–Trinajstić information content (AvgIpc) is 2.30. The molecule has 1 aromatic heterocycles. The Kier molecular flexibility index (Phi) is 7.26. The standard InChI is InChI=1S/C13H22N2S/c1-3-15-12(2)6-4-5-11-16-13-7-9-14-10-8-13/h7-10,12,15H,3-6,11H2,1-2H3.